The maximum Gasteiger partial charge on any atom is 0.0736 e. The molecule has 2 spiro atoms. The first-order valence-corrected chi connectivity index (χ1v) is 31.0. The molecule has 1 heterocycles. The lowest BCUT2D eigenvalue weighted by Gasteiger charge is -2.41. The highest BCUT2D eigenvalue weighted by atomic mass is 32.2. The van der Waals surface area contributed by atoms with Crippen LogP contribution in [0.2, 0.25) is 0 Å². The maximum atomic E-state index is 2.62. The average Bonchev–Trinajstić information content (AvgIpc) is 1.97. The van der Waals surface area contributed by atoms with Gasteiger partial charge in [-0.15, -0.1) is 0 Å². The van der Waals surface area contributed by atoms with Gasteiger partial charge in [0.25, 0.3) is 0 Å². The number of fused-ring (bicyclic) bond motifs is 22. The summed E-state index contributed by atoms with van der Waals surface area (Å²) in [5, 5.41) is 0. The van der Waals surface area contributed by atoms with Crippen LogP contribution in [0.1, 0.15) is 175 Å². The Morgan fingerprint density at radius 2 is 0.542 bits per heavy atom. The molecule has 410 valence electrons. The summed E-state index contributed by atoms with van der Waals surface area (Å²) in [5.41, 5.74) is 31.5. The molecule has 0 bridgehead atoms. The Morgan fingerprint density at radius 1 is 0.265 bits per heavy atom. The Hall–Kier alpha value is -7.65. The van der Waals surface area contributed by atoms with Crippen molar-refractivity contribution < 1.29 is 0 Å². The van der Waals surface area contributed by atoms with Crippen molar-refractivity contribution in [3.63, 3.8) is 0 Å². The van der Waals surface area contributed by atoms with Crippen molar-refractivity contribution in [2.24, 2.45) is 0 Å². The summed E-state index contributed by atoms with van der Waals surface area (Å²) in [5.74, 6) is 0. The minimum atomic E-state index is -0.593. The number of hydrogen-bond acceptors (Lipinski definition) is 2. The fourth-order valence-electron chi connectivity index (χ4n) is 15.5. The third-order valence-electron chi connectivity index (χ3n) is 20.0. The first-order valence-electron chi connectivity index (χ1n) is 30.2. The summed E-state index contributed by atoms with van der Waals surface area (Å²) < 4.78 is 0. The molecule has 10 aromatic carbocycles. The van der Waals surface area contributed by atoms with Crippen molar-refractivity contribution in [2.45, 2.75) is 145 Å². The zero-order valence-electron chi connectivity index (χ0n) is 50.9. The lowest BCUT2D eigenvalue weighted by molar-refractivity contribution is 0.581. The first kappa shape index (κ1) is 52.2. The summed E-state index contributed by atoms with van der Waals surface area (Å²) in [4.78, 5) is 5.27. The van der Waals surface area contributed by atoms with Crippen molar-refractivity contribution in [2.75, 3.05) is 4.90 Å². The largest absolute Gasteiger partial charge is 0.310 e. The fraction of sp³-hybridized carbons (Fsp3) is 0.259. The molecule has 0 atom stereocenters. The van der Waals surface area contributed by atoms with Crippen LogP contribution in [0.4, 0.5) is 17.1 Å². The van der Waals surface area contributed by atoms with Gasteiger partial charge in [-0.3, -0.25) is 0 Å². The topological polar surface area (TPSA) is 3.24 Å². The van der Waals surface area contributed by atoms with Gasteiger partial charge in [0.15, 0.2) is 0 Å². The van der Waals surface area contributed by atoms with Gasteiger partial charge in [0.1, 0.15) is 0 Å². The molecule has 0 aromatic heterocycles. The molecule has 0 amide bonds. The van der Waals surface area contributed by atoms with E-state index < -0.39 is 10.8 Å². The number of anilines is 3. The number of benzene rings is 10. The van der Waals surface area contributed by atoms with Crippen molar-refractivity contribution in [1.29, 1.82) is 0 Å². The molecule has 10 aromatic rings. The summed E-state index contributed by atoms with van der Waals surface area (Å²) >= 11 is 1.94. The van der Waals surface area contributed by atoms with Gasteiger partial charge >= 0.3 is 0 Å². The standard InChI is InChI=1S/C81H75NS/c1-75(2,3)48-27-34-59-60-35-28-49(76(4,5)6)42-68(60)80(67(59)41-48)64-25-19-16-22-56(64)61-37-32-53(46-69(61)80)82(52-31-36-58-55-21-15-18-24-63(55)79(13,14)66(58)45-52)54-33-38-62-57-23-17-20-26-65(57)81(70(62)47-54)71-43-50(77(7,8)9)29-39-73(71)83-74-40-30-51(44-72(74)81)78(10,11)12/h15-47H,1-14H3. The number of hydrogen-bond donors (Lipinski definition) is 0. The quantitative estimate of drug-likeness (QED) is 0.173. The molecule has 0 fully saturated rings. The molecule has 5 aliphatic rings. The summed E-state index contributed by atoms with van der Waals surface area (Å²) in [6, 6.07) is 79.7. The Morgan fingerprint density at radius 3 is 0.940 bits per heavy atom. The van der Waals surface area contributed by atoms with Gasteiger partial charge in [-0.05, 0) is 193 Å². The van der Waals surface area contributed by atoms with Gasteiger partial charge < -0.3 is 4.90 Å². The highest BCUT2D eigenvalue weighted by Gasteiger charge is 2.54. The van der Waals surface area contributed by atoms with Crippen LogP contribution in [-0.4, -0.2) is 0 Å². The maximum absolute atomic E-state index is 2.62. The summed E-state index contributed by atoms with van der Waals surface area (Å²) in [7, 11) is 0. The lowest BCUT2D eigenvalue weighted by Crippen LogP contribution is -2.33. The predicted molar refractivity (Wildman–Crippen MR) is 351 cm³/mol. The zero-order chi connectivity index (χ0) is 57.7. The van der Waals surface area contributed by atoms with E-state index >= 15 is 0 Å². The summed E-state index contributed by atoms with van der Waals surface area (Å²) in [6.07, 6.45) is 0. The third kappa shape index (κ3) is 7.21. The molecule has 0 radical (unpaired) electrons. The van der Waals surface area contributed by atoms with Crippen LogP contribution in [0.3, 0.4) is 0 Å². The van der Waals surface area contributed by atoms with Gasteiger partial charge in [0, 0.05) is 32.3 Å². The highest BCUT2D eigenvalue weighted by molar-refractivity contribution is 7.99. The van der Waals surface area contributed by atoms with Gasteiger partial charge in [-0.25, -0.2) is 0 Å². The predicted octanol–water partition coefficient (Wildman–Crippen LogP) is 21.8. The average molecular weight is 1090 g/mol. The minimum Gasteiger partial charge on any atom is -0.310 e. The van der Waals surface area contributed by atoms with Crippen molar-refractivity contribution in [3.05, 3.63) is 278 Å². The Kier molecular flexibility index (Phi) is 10.8. The van der Waals surface area contributed by atoms with Crippen molar-refractivity contribution in [1.82, 2.24) is 0 Å². The van der Waals surface area contributed by atoms with E-state index in [0.29, 0.717) is 0 Å². The minimum absolute atomic E-state index is 0.0482. The molecule has 4 aliphatic carbocycles. The van der Waals surface area contributed by atoms with E-state index in [9.17, 15) is 0 Å². The van der Waals surface area contributed by atoms with Crippen LogP contribution in [0, 0.1) is 0 Å². The SMILES string of the molecule is CC(C)(C)c1ccc2c(c1)C1(c3cc(C(C)(C)C)ccc3S2)c2ccccc2-c2ccc(N(c3ccc4c(c3)C(C)(C)c3ccccc3-4)c3ccc4c(c3)C3(c5ccccc5-4)c4cc(C(C)(C)C)ccc4-c4ccc(C(C)(C)C)cc43)cc21. The van der Waals surface area contributed by atoms with E-state index in [1.807, 2.05) is 11.8 Å². The Balaban J connectivity index is 1.04. The van der Waals surface area contributed by atoms with Crippen molar-refractivity contribution >= 4 is 28.8 Å². The van der Waals surface area contributed by atoms with E-state index in [1.165, 1.54) is 132 Å². The van der Waals surface area contributed by atoms with Crippen molar-refractivity contribution in [3.8, 4) is 44.5 Å². The van der Waals surface area contributed by atoms with Crippen LogP contribution in [0.25, 0.3) is 44.5 Å². The van der Waals surface area contributed by atoms with Crippen LogP contribution < -0.4 is 4.90 Å². The molecular weight excluding hydrogens is 1020 g/mol. The molecule has 2 heteroatoms. The second-order valence-corrected chi connectivity index (χ2v) is 30.4. The van der Waals surface area contributed by atoms with E-state index in [-0.39, 0.29) is 27.1 Å². The highest BCUT2D eigenvalue weighted by Crippen LogP contribution is 2.66. The molecule has 0 N–H and O–H groups in total. The zero-order valence-corrected chi connectivity index (χ0v) is 51.7. The molecule has 1 aliphatic heterocycles. The molecule has 0 saturated carbocycles. The molecule has 1 nitrogen and oxygen atoms in total. The van der Waals surface area contributed by atoms with E-state index in [1.54, 1.807) is 0 Å². The van der Waals surface area contributed by atoms with E-state index in [4.69, 9.17) is 0 Å². The molecule has 15 rings (SSSR count). The normalized spacial score (nSPS) is 15.8. The van der Waals surface area contributed by atoms with Crippen LogP contribution in [-0.2, 0) is 37.9 Å². The van der Waals surface area contributed by atoms with Gasteiger partial charge in [0.05, 0.1) is 10.8 Å². The van der Waals surface area contributed by atoms with Gasteiger partial charge in [-0.2, -0.15) is 0 Å². The number of rotatable bonds is 3. The lowest BCUT2D eigenvalue weighted by atomic mass is 9.65. The van der Waals surface area contributed by atoms with Crippen LogP contribution in [0.5, 0.6) is 0 Å². The fourth-order valence-corrected chi connectivity index (χ4v) is 16.7. The summed E-state index contributed by atoms with van der Waals surface area (Å²) in [6.45, 7) is 33.2. The van der Waals surface area contributed by atoms with E-state index in [0.717, 1.165) is 17.1 Å². The van der Waals surface area contributed by atoms with E-state index in [2.05, 4.69) is 302 Å². The second kappa shape index (κ2) is 17.2. The van der Waals surface area contributed by atoms with Crippen LogP contribution >= 0.6 is 11.8 Å². The molecule has 0 unspecified atom stereocenters. The van der Waals surface area contributed by atoms with Gasteiger partial charge in [-0.1, -0.05) is 260 Å². The third-order valence-corrected chi connectivity index (χ3v) is 21.1. The first-order chi connectivity index (χ1) is 39.4. The van der Waals surface area contributed by atoms with Gasteiger partial charge in [0.2, 0.25) is 0 Å². The Bertz CT molecular complexity index is 4310. The monoisotopic (exact) mass is 1090 g/mol. The second-order valence-electron chi connectivity index (χ2n) is 29.3. The smallest absolute Gasteiger partial charge is 0.0736 e. The molecular formula is C81H75NS. The van der Waals surface area contributed by atoms with Crippen LogP contribution in [0.15, 0.2) is 210 Å². The Labute approximate surface area is 497 Å². The molecule has 0 saturated heterocycles. The molecule has 83 heavy (non-hydrogen) atoms. The number of nitrogens with zero attached hydrogens (tertiary/aromatic N) is 1.